The Morgan fingerprint density at radius 1 is 0.833 bits per heavy atom. The van der Waals surface area contributed by atoms with Gasteiger partial charge in [-0.3, -0.25) is 9.69 Å². The van der Waals surface area contributed by atoms with Crippen molar-refractivity contribution in [3.8, 4) is 0 Å². The molecule has 2 rings (SSSR count). The van der Waals surface area contributed by atoms with Gasteiger partial charge in [0, 0.05) is 32.7 Å². The van der Waals surface area contributed by atoms with Crippen LogP contribution in [0.25, 0.3) is 0 Å². The molecule has 0 saturated carbocycles. The van der Waals surface area contributed by atoms with Gasteiger partial charge in [0.1, 0.15) is 0 Å². The standard InChI is InChI=1S/C20H26N2O2/c1-21(16-18-8-4-2-5-9-18)14-15-22(13-12-20(23)24)17-19-10-6-3-7-11-19/h2-11H,12-17H2,1H3,(H,23,24). The lowest BCUT2D eigenvalue weighted by molar-refractivity contribution is -0.137. The first-order valence-electron chi connectivity index (χ1n) is 8.34. The molecule has 0 radical (unpaired) electrons. The quantitative estimate of drug-likeness (QED) is 0.729. The van der Waals surface area contributed by atoms with Crippen LogP contribution in [0.5, 0.6) is 0 Å². The number of benzene rings is 2. The van der Waals surface area contributed by atoms with Crippen LogP contribution in [-0.2, 0) is 17.9 Å². The molecule has 0 heterocycles. The second kappa shape index (κ2) is 9.85. The smallest absolute Gasteiger partial charge is 0.304 e. The number of aliphatic carboxylic acids is 1. The molecule has 2 aromatic rings. The summed E-state index contributed by atoms with van der Waals surface area (Å²) < 4.78 is 0. The van der Waals surface area contributed by atoms with E-state index in [9.17, 15) is 4.79 Å². The molecular formula is C20H26N2O2. The third-order valence-corrected chi connectivity index (χ3v) is 3.98. The lowest BCUT2D eigenvalue weighted by atomic mass is 10.2. The molecular weight excluding hydrogens is 300 g/mol. The molecule has 0 amide bonds. The molecule has 4 nitrogen and oxygen atoms in total. The summed E-state index contributed by atoms with van der Waals surface area (Å²) in [5.41, 5.74) is 2.51. The fourth-order valence-corrected chi connectivity index (χ4v) is 2.65. The van der Waals surface area contributed by atoms with E-state index in [0.717, 1.165) is 26.2 Å². The van der Waals surface area contributed by atoms with Crippen LogP contribution in [-0.4, -0.2) is 47.6 Å². The van der Waals surface area contributed by atoms with Crippen molar-refractivity contribution in [1.82, 2.24) is 9.80 Å². The molecule has 0 spiro atoms. The summed E-state index contributed by atoms with van der Waals surface area (Å²) >= 11 is 0. The van der Waals surface area contributed by atoms with Gasteiger partial charge in [-0.05, 0) is 18.2 Å². The Morgan fingerprint density at radius 3 is 1.92 bits per heavy atom. The van der Waals surface area contributed by atoms with Crippen molar-refractivity contribution in [2.75, 3.05) is 26.7 Å². The van der Waals surface area contributed by atoms with E-state index in [2.05, 4.69) is 53.2 Å². The van der Waals surface area contributed by atoms with Crippen LogP contribution in [0.2, 0.25) is 0 Å². The number of nitrogens with zero attached hydrogens (tertiary/aromatic N) is 2. The van der Waals surface area contributed by atoms with Crippen LogP contribution in [0.4, 0.5) is 0 Å². The number of rotatable bonds is 10. The Kier molecular flexibility index (Phi) is 7.46. The van der Waals surface area contributed by atoms with Gasteiger partial charge in [-0.15, -0.1) is 0 Å². The van der Waals surface area contributed by atoms with Crippen molar-refractivity contribution >= 4 is 5.97 Å². The largest absolute Gasteiger partial charge is 0.481 e. The summed E-state index contributed by atoms with van der Waals surface area (Å²) in [6, 6.07) is 20.6. The molecule has 1 N–H and O–H groups in total. The van der Waals surface area contributed by atoms with E-state index < -0.39 is 5.97 Å². The van der Waals surface area contributed by atoms with Gasteiger partial charge in [0.2, 0.25) is 0 Å². The van der Waals surface area contributed by atoms with Crippen LogP contribution in [0.15, 0.2) is 60.7 Å². The zero-order valence-electron chi connectivity index (χ0n) is 14.3. The van der Waals surface area contributed by atoms with Crippen LogP contribution in [0.1, 0.15) is 17.5 Å². The molecule has 0 aliphatic heterocycles. The highest BCUT2D eigenvalue weighted by Crippen LogP contribution is 2.07. The molecule has 4 heteroatoms. The zero-order valence-corrected chi connectivity index (χ0v) is 14.3. The second-order valence-electron chi connectivity index (χ2n) is 6.13. The Hall–Kier alpha value is -2.17. The highest BCUT2D eigenvalue weighted by atomic mass is 16.4. The van der Waals surface area contributed by atoms with E-state index in [0.29, 0.717) is 6.54 Å². The van der Waals surface area contributed by atoms with Crippen molar-refractivity contribution in [1.29, 1.82) is 0 Å². The molecule has 0 unspecified atom stereocenters. The van der Waals surface area contributed by atoms with Crippen LogP contribution in [0.3, 0.4) is 0 Å². The minimum Gasteiger partial charge on any atom is -0.481 e. The molecule has 0 atom stereocenters. The number of carboxylic acid groups (broad SMARTS) is 1. The van der Waals surface area contributed by atoms with Crippen molar-refractivity contribution in [2.24, 2.45) is 0 Å². The maximum absolute atomic E-state index is 10.9. The minimum atomic E-state index is -0.745. The molecule has 128 valence electrons. The zero-order chi connectivity index (χ0) is 17.2. The van der Waals surface area contributed by atoms with E-state index >= 15 is 0 Å². The third-order valence-electron chi connectivity index (χ3n) is 3.98. The fourth-order valence-electron chi connectivity index (χ4n) is 2.65. The first-order valence-corrected chi connectivity index (χ1v) is 8.34. The van der Waals surface area contributed by atoms with Crippen molar-refractivity contribution in [2.45, 2.75) is 19.5 Å². The van der Waals surface area contributed by atoms with Gasteiger partial charge in [-0.25, -0.2) is 0 Å². The molecule has 0 aliphatic rings. The fraction of sp³-hybridized carbons (Fsp3) is 0.350. The summed E-state index contributed by atoms with van der Waals surface area (Å²) in [6.45, 7) is 4.02. The molecule has 0 fully saturated rings. The van der Waals surface area contributed by atoms with E-state index in [1.165, 1.54) is 11.1 Å². The van der Waals surface area contributed by atoms with Crippen LogP contribution < -0.4 is 0 Å². The van der Waals surface area contributed by atoms with E-state index in [1.54, 1.807) is 0 Å². The van der Waals surface area contributed by atoms with Crippen LogP contribution in [0, 0.1) is 0 Å². The first kappa shape index (κ1) is 18.2. The van der Waals surface area contributed by atoms with Gasteiger partial charge in [-0.2, -0.15) is 0 Å². The van der Waals surface area contributed by atoms with E-state index in [-0.39, 0.29) is 6.42 Å². The summed E-state index contributed by atoms with van der Waals surface area (Å²) in [4.78, 5) is 15.4. The summed E-state index contributed by atoms with van der Waals surface area (Å²) in [6.07, 6.45) is 0.176. The topological polar surface area (TPSA) is 43.8 Å². The van der Waals surface area contributed by atoms with Gasteiger partial charge in [0.15, 0.2) is 0 Å². The van der Waals surface area contributed by atoms with Gasteiger partial charge in [0.25, 0.3) is 0 Å². The normalized spacial score (nSPS) is 11.1. The highest BCUT2D eigenvalue weighted by molar-refractivity contribution is 5.66. The van der Waals surface area contributed by atoms with Crippen LogP contribution >= 0.6 is 0 Å². The van der Waals surface area contributed by atoms with Crippen molar-refractivity contribution in [3.63, 3.8) is 0 Å². The summed E-state index contributed by atoms with van der Waals surface area (Å²) in [5, 5.41) is 8.96. The number of hydrogen-bond acceptors (Lipinski definition) is 3. The minimum absolute atomic E-state index is 0.176. The van der Waals surface area contributed by atoms with E-state index in [1.807, 2.05) is 24.3 Å². The highest BCUT2D eigenvalue weighted by Gasteiger charge is 2.10. The first-order chi connectivity index (χ1) is 11.6. The third kappa shape index (κ3) is 6.94. The number of hydrogen-bond donors (Lipinski definition) is 1. The van der Waals surface area contributed by atoms with Crippen molar-refractivity contribution in [3.05, 3.63) is 71.8 Å². The lowest BCUT2D eigenvalue weighted by Crippen LogP contribution is -2.34. The number of carboxylic acids is 1. The monoisotopic (exact) mass is 326 g/mol. The second-order valence-corrected chi connectivity index (χ2v) is 6.13. The lowest BCUT2D eigenvalue weighted by Gasteiger charge is -2.25. The maximum Gasteiger partial charge on any atom is 0.304 e. The van der Waals surface area contributed by atoms with E-state index in [4.69, 9.17) is 5.11 Å². The molecule has 24 heavy (non-hydrogen) atoms. The maximum atomic E-state index is 10.9. The molecule has 0 aromatic heterocycles. The van der Waals surface area contributed by atoms with Gasteiger partial charge in [0.05, 0.1) is 6.42 Å². The Balaban J connectivity index is 1.85. The molecule has 0 bridgehead atoms. The van der Waals surface area contributed by atoms with Gasteiger partial charge in [-0.1, -0.05) is 60.7 Å². The van der Waals surface area contributed by atoms with Gasteiger partial charge >= 0.3 is 5.97 Å². The number of carbonyl (C=O) groups is 1. The molecule has 0 aliphatic carbocycles. The average molecular weight is 326 g/mol. The Morgan fingerprint density at radius 2 is 1.38 bits per heavy atom. The molecule has 2 aromatic carbocycles. The predicted octanol–water partition coefficient (Wildman–Crippen LogP) is 3.10. The van der Waals surface area contributed by atoms with Crippen molar-refractivity contribution < 1.29 is 9.90 Å². The number of likely N-dealkylation sites (N-methyl/N-ethyl adjacent to an activating group) is 1. The Bertz CT molecular complexity index is 602. The predicted molar refractivity (Wildman–Crippen MR) is 96.7 cm³/mol. The summed E-state index contributed by atoms with van der Waals surface area (Å²) in [7, 11) is 2.10. The Labute approximate surface area is 144 Å². The average Bonchev–Trinajstić information content (AvgIpc) is 2.59. The molecule has 0 saturated heterocycles. The SMILES string of the molecule is CN(CCN(CCC(=O)O)Cc1ccccc1)Cc1ccccc1. The summed E-state index contributed by atoms with van der Waals surface area (Å²) in [5.74, 6) is -0.745. The van der Waals surface area contributed by atoms with Gasteiger partial charge < -0.3 is 10.0 Å².